The molecular weight excluding hydrogens is 310 g/mol. The lowest BCUT2D eigenvalue weighted by Gasteiger charge is -2.21. The number of nitrogens with one attached hydrogen (secondary N) is 1. The van der Waals surface area contributed by atoms with Crippen molar-refractivity contribution in [2.75, 3.05) is 0 Å². The molecule has 0 radical (unpaired) electrons. The van der Waals surface area contributed by atoms with Gasteiger partial charge in [-0.25, -0.2) is 0 Å². The molecule has 1 unspecified atom stereocenters. The lowest BCUT2D eigenvalue weighted by Crippen LogP contribution is -2.40. The molecule has 5 heteroatoms. The number of benzene rings is 1. The van der Waals surface area contributed by atoms with E-state index in [1.54, 1.807) is 12.1 Å². The number of carboxylic acids is 1. The molecule has 0 aliphatic carbocycles. The van der Waals surface area contributed by atoms with Crippen LogP contribution in [0.5, 0.6) is 0 Å². The number of aliphatic carboxylic acids is 1. The summed E-state index contributed by atoms with van der Waals surface area (Å²) in [7, 11) is 0. The average molecular weight is 328 g/mol. The highest BCUT2D eigenvalue weighted by atomic mass is 79.9. The Kier molecular flexibility index (Phi) is 5.54. The molecule has 4 nitrogen and oxygen atoms in total. The van der Waals surface area contributed by atoms with Crippen LogP contribution in [-0.2, 0) is 4.79 Å². The molecule has 0 heterocycles. The van der Waals surface area contributed by atoms with Gasteiger partial charge in [0.1, 0.15) is 0 Å². The molecule has 104 valence electrons. The van der Waals surface area contributed by atoms with E-state index >= 15 is 0 Å². The van der Waals surface area contributed by atoms with Crippen molar-refractivity contribution in [3.63, 3.8) is 0 Å². The smallest absolute Gasteiger partial charge is 0.305 e. The summed E-state index contributed by atoms with van der Waals surface area (Å²) in [4.78, 5) is 22.9. The van der Waals surface area contributed by atoms with E-state index < -0.39 is 5.97 Å². The van der Waals surface area contributed by atoms with Crippen molar-refractivity contribution < 1.29 is 14.7 Å². The maximum Gasteiger partial charge on any atom is 0.305 e. The van der Waals surface area contributed by atoms with E-state index in [4.69, 9.17) is 5.11 Å². The van der Waals surface area contributed by atoms with Crippen LogP contribution in [0.3, 0.4) is 0 Å². The molecule has 1 aromatic carbocycles. The third kappa shape index (κ3) is 4.67. The molecule has 0 spiro atoms. The van der Waals surface area contributed by atoms with Crippen molar-refractivity contribution in [3.05, 3.63) is 33.8 Å². The molecule has 0 aromatic heterocycles. The minimum Gasteiger partial charge on any atom is -0.481 e. The summed E-state index contributed by atoms with van der Waals surface area (Å²) in [5.41, 5.74) is 1.42. The van der Waals surface area contributed by atoms with E-state index in [9.17, 15) is 9.59 Å². The minimum atomic E-state index is -0.911. The fraction of sp³-hybridized carbons (Fsp3) is 0.429. The number of aryl methyl sites for hydroxylation is 1. The van der Waals surface area contributed by atoms with Crippen LogP contribution in [-0.4, -0.2) is 23.0 Å². The highest BCUT2D eigenvalue weighted by molar-refractivity contribution is 9.10. The van der Waals surface area contributed by atoms with Crippen LogP contribution in [0.25, 0.3) is 0 Å². The summed E-state index contributed by atoms with van der Waals surface area (Å²) < 4.78 is 0.910. The van der Waals surface area contributed by atoms with Crippen molar-refractivity contribution in [2.24, 2.45) is 5.92 Å². The number of hydrogen-bond acceptors (Lipinski definition) is 2. The van der Waals surface area contributed by atoms with Gasteiger partial charge in [-0.3, -0.25) is 9.59 Å². The summed E-state index contributed by atoms with van der Waals surface area (Å²) in [5, 5.41) is 11.6. The Morgan fingerprint density at radius 1 is 1.37 bits per heavy atom. The molecule has 0 fully saturated rings. The summed E-state index contributed by atoms with van der Waals surface area (Å²) in [5.74, 6) is -1.08. The third-order valence-electron chi connectivity index (χ3n) is 2.95. The van der Waals surface area contributed by atoms with Gasteiger partial charge < -0.3 is 10.4 Å². The van der Waals surface area contributed by atoms with E-state index in [0.29, 0.717) is 5.56 Å². The van der Waals surface area contributed by atoms with Crippen LogP contribution in [0.2, 0.25) is 0 Å². The lowest BCUT2D eigenvalue weighted by atomic mass is 10.00. The number of carboxylic acid groups (broad SMARTS) is 1. The summed E-state index contributed by atoms with van der Waals surface area (Å²) in [6, 6.07) is 5.01. The fourth-order valence-corrected chi connectivity index (χ4v) is 2.25. The van der Waals surface area contributed by atoms with Crippen LogP contribution in [0, 0.1) is 12.8 Å². The van der Waals surface area contributed by atoms with Crippen molar-refractivity contribution in [2.45, 2.75) is 33.2 Å². The van der Waals surface area contributed by atoms with Crippen molar-refractivity contribution in [1.82, 2.24) is 5.32 Å². The summed E-state index contributed by atoms with van der Waals surface area (Å²) in [6.07, 6.45) is -0.0705. The van der Waals surface area contributed by atoms with Gasteiger partial charge in [0.05, 0.1) is 6.42 Å². The topological polar surface area (TPSA) is 66.4 Å². The minimum absolute atomic E-state index is 0.0656. The summed E-state index contributed by atoms with van der Waals surface area (Å²) >= 11 is 3.34. The first-order valence-electron chi connectivity index (χ1n) is 6.10. The van der Waals surface area contributed by atoms with Gasteiger partial charge in [0.25, 0.3) is 5.91 Å². The Hall–Kier alpha value is -1.36. The zero-order chi connectivity index (χ0) is 14.6. The number of carbonyl (C=O) groups is 2. The van der Waals surface area contributed by atoms with Gasteiger partial charge in [-0.2, -0.15) is 0 Å². The Morgan fingerprint density at radius 3 is 2.47 bits per heavy atom. The fourth-order valence-electron chi connectivity index (χ4n) is 1.77. The Labute approximate surface area is 121 Å². The number of hydrogen-bond donors (Lipinski definition) is 2. The SMILES string of the molecule is Cc1cc(Br)ccc1C(=O)NC(CC(=O)O)C(C)C. The number of rotatable bonds is 5. The quantitative estimate of drug-likeness (QED) is 0.873. The van der Waals surface area contributed by atoms with Gasteiger partial charge in [0.2, 0.25) is 0 Å². The van der Waals surface area contributed by atoms with E-state index in [0.717, 1.165) is 10.0 Å². The number of halogens is 1. The van der Waals surface area contributed by atoms with Gasteiger partial charge in [-0.15, -0.1) is 0 Å². The maximum absolute atomic E-state index is 12.2. The molecule has 1 rings (SSSR count). The van der Waals surface area contributed by atoms with E-state index in [-0.39, 0.29) is 24.3 Å². The van der Waals surface area contributed by atoms with Crippen LogP contribution < -0.4 is 5.32 Å². The van der Waals surface area contributed by atoms with Gasteiger partial charge >= 0.3 is 5.97 Å². The number of carbonyl (C=O) groups excluding carboxylic acids is 1. The zero-order valence-electron chi connectivity index (χ0n) is 11.2. The summed E-state index contributed by atoms with van der Waals surface area (Å²) in [6.45, 7) is 5.63. The monoisotopic (exact) mass is 327 g/mol. The highest BCUT2D eigenvalue weighted by Gasteiger charge is 2.20. The molecule has 0 aliphatic rings. The van der Waals surface area contributed by atoms with Gasteiger partial charge in [0.15, 0.2) is 0 Å². The van der Waals surface area contributed by atoms with E-state index in [2.05, 4.69) is 21.2 Å². The second-order valence-electron chi connectivity index (χ2n) is 4.88. The predicted molar refractivity (Wildman–Crippen MR) is 77.2 cm³/mol. The maximum atomic E-state index is 12.2. The normalized spacial score (nSPS) is 12.3. The van der Waals surface area contributed by atoms with Crippen molar-refractivity contribution >= 4 is 27.8 Å². The molecule has 1 amide bonds. The molecule has 0 saturated carbocycles. The second-order valence-corrected chi connectivity index (χ2v) is 5.80. The first kappa shape index (κ1) is 15.7. The van der Waals surface area contributed by atoms with E-state index in [1.165, 1.54) is 0 Å². The predicted octanol–water partition coefficient (Wildman–Crippen LogP) is 2.99. The first-order chi connectivity index (χ1) is 8.81. The molecule has 1 atom stereocenters. The van der Waals surface area contributed by atoms with E-state index in [1.807, 2.05) is 26.8 Å². The zero-order valence-corrected chi connectivity index (χ0v) is 12.8. The molecular formula is C14H18BrNO3. The largest absolute Gasteiger partial charge is 0.481 e. The van der Waals surface area contributed by atoms with Crippen LogP contribution in [0.1, 0.15) is 36.2 Å². The average Bonchev–Trinajstić information content (AvgIpc) is 2.26. The molecule has 0 saturated heterocycles. The van der Waals surface area contributed by atoms with Gasteiger partial charge in [0, 0.05) is 16.1 Å². The number of amides is 1. The van der Waals surface area contributed by atoms with Crippen LogP contribution >= 0.6 is 15.9 Å². The highest BCUT2D eigenvalue weighted by Crippen LogP contribution is 2.16. The van der Waals surface area contributed by atoms with Gasteiger partial charge in [-0.1, -0.05) is 29.8 Å². The van der Waals surface area contributed by atoms with Crippen molar-refractivity contribution in [3.8, 4) is 0 Å². The Bertz CT molecular complexity index is 486. The molecule has 0 bridgehead atoms. The first-order valence-corrected chi connectivity index (χ1v) is 6.89. The molecule has 19 heavy (non-hydrogen) atoms. The van der Waals surface area contributed by atoms with Gasteiger partial charge in [-0.05, 0) is 36.6 Å². The second kappa shape index (κ2) is 6.70. The third-order valence-corrected chi connectivity index (χ3v) is 3.44. The lowest BCUT2D eigenvalue weighted by molar-refractivity contribution is -0.137. The standard InChI is InChI=1S/C14H18BrNO3/c1-8(2)12(7-13(17)18)16-14(19)11-5-4-10(15)6-9(11)3/h4-6,8,12H,7H2,1-3H3,(H,16,19)(H,17,18). The molecule has 0 aliphatic heterocycles. The van der Waals surface area contributed by atoms with Crippen molar-refractivity contribution in [1.29, 1.82) is 0 Å². The molecule has 1 aromatic rings. The molecule has 2 N–H and O–H groups in total. The Balaban J connectivity index is 2.84. The Morgan fingerprint density at radius 2 is 2.00 bits per heavy atom. The van der Waals surface area contributed by atoms with Crippen LogP contribution in [0.15, 0.2) is 22.7 Å². The van der Waals surface area contributed by atoms with Crippen LogP contribution in [0.4, 0.5) is 0 Å².